The van der Waals surface area contributed by atoms with Crippen molar-refractivity contribution in [2.24, 2.45) is 17.6 Å². The van der Waals surface area contributed by atoms with Crippen molar-refractivity contribution < 1.29 is 5.11 Å². The van der Waals surface area contributed by atoms with E-state index in [0.717, 1.165) is 39.0 Å². The van der Waals surface area contributed by atoms with E-state index in [1.54, 1.807) is 0 Å². The van der Waals surface area contributed by atoms with Crippen molar-refractivity contribution >= 4 is 0 Å². The molecule has 3 N–H and O–H groups in total. The summed E-state index contributed by atoms with van der Waals surface area (Å²) in [6.45, 7) is 10.1. The van der Waals surface area contributed by atoms with Crippen molar-refractivity contribution in [1.29, 1.82) is 0 Å². The van der Waals surface area contributed by atoms with Gasteiger partial charge in [0.15, 0.2) is 0 Å². The van der Waals surface area contributed by atoms with Gasteiger partial charge in [-0.15, -0.1) is 0 Å². The molecule has 1 aliphatic rings. The second kappa shape index (κ2) is 5.28. The van der Waals surface area contributed by atoms with Gasteiger partial charge in [-0.2, -0.15) is 0 Å². The molecule has 1 heterocycles. The van der Waals surface area contributed by atoms with Gasteiger partial charge in [0, 0.05) is 13.1 Å². The summed E-state index contributed by atoms with van der Waals surface area (Å²) >= 11 is 0. The average molecular weight is 214 g/mol. The van der Waals surface area contributed by atoms with Gasteiger partial charge in [0.1, 0.15) is 0 Å². The molecule has 0 spiro atoms. The molecule has 2 unspecified atom stereocenters. The number of hydrogen-bond acceptors (Lipinski definition) is 3. The lowest BCUT2D eigenvalue weighted by atomic mass is 9.91. The van der Waals surface area contributed by atoms with Gasteiger partial charge in [-0.1, -0.05) is 13.8 Å². The number of likely N-dealkylation sites (tertiary alicyclic amines) is 1. The molecule has 1 saturated heterocycles. The van der Waals surface area contributed by atoms with E-state index < -0.39 is 5.60 Å². The fourth-order valence-electron chi connectivity index (χ4n) is 2.37. The van der Waals surface area contributed by atoms with E-state index >= 15 is 0 Å². The number of β-amino-alcohol motifs (C(OH)–C–C–N with tert-alkyl or cyclic N) is 1. The summed E-state index contributed by atoms with van der Waals surface area (Å²) in [5.41, 5.74) is 5.28. The third kappa shape index (κ3) is 4.09. The Balaban J connectivity index is 2.43. The largest absolute Gasteiger partial charge is 0.389 e. The van der Waals surface area contributed by atoms with Crippen LogP contribution in [0.3, 0.4) is 0 Å². The molecule has 90 valence electrons. The van der Waals surface area contributed by atoms with E-state index in [-0.39, 0.29) is 0 Å². The van der Waals surface area contributed by atoms with Crippen LogP contribution in [0.15, 0.2) is 0 Å². The van der Waals surface area contributed by atoms with Gasteiger partial charge in [0.25, 0.3) is 0 Å². The fraction of sp³-hybridized carbons (Fsp3) is 1.00. The first-order valence-corrected chi connectivity index (χ1v) is 6.09. The highest BCUT2D eigenvalue weighted by atomic mass is 16.3. The maximum Gasteiger partial charge on any atom is 0.0746 e. The number of nitrogens with two attached hydrogens (primary N) is 1. The lowest BCUT2D eigenvalue weighted by molar-refractivity contribution is -0.0214. The van der Waals surface area contributed by atoms with Gasteiger partial charge in [0.2, 0.25) is 0 Å². The molecule has 0 radical (unpaired) electrons. The summed E-state index contributed by atoms with van der Waals surface area (Å²) in [5, 5.41) is 10.00. The van der Waals surface area contributed by atoms with Crippen molar-refractivity contribution in [2.45, 2.75) is 39.2 Å². The lowest BCUT2D eigenvalue weighted by Gasteiger charge is -2.39. The molecule has 0 aromatic carbocycles. The molecule has 1 rings (SSSR count). The molecule has 0 aromatic rings. The van der Waals surface area contributed by atoms with Crippen LogP contribution >= 0.6 is 0 Å². The summed E-state index contributed by atoms with van der Waals surface area (Å²) < 4.78 is 0. The molecule has 0 bridgehead atoms. The van der Waals surface area contributed by atoms with Gasteiger partial charge < -0.3 is 15.7 Å². The van der Waals surface area contributed by atoms with Crippen LogP contribution in [0.25, 0.3) is 0 Å². The fourth-order valence-corrected chi connectivity index (χ4v) is 2.37. The zero-order valence-corrected chi connectivity index (χ0v) is 10.4. The van der Waals surface area contributed by atoms with Gasteiger partial charge in [-0.25, -0.2) is 0 Å². The minimum atomic E-state index is -0.492. The Morgan fingerprint density at radius 3 is 2.60 bits per heavy atom. The van der Waals surface area contributed by atoms with Crippen molar-refractivity contribution in [3.8, 4) is 0 Å². The Morgan fingerprint density at radius 2 is 2.13 bits per heavy atom. The van der Waals surface area contributed by atoms with Crippen molar-refractivity contribution in [1.82, 2.24) is 4.90 Å². The molecule has 0 amide bonds. The summed E-state index contributed by atoms with van der Waals surface area (Å²) in [4.78, 5) is 2.36. The standard InChI is InChI=1S/C12H26N2O/c1-10(2)11(7-13)8-14-6-4-5-12(3,15)9-14/h10-11,15H,4-9,13H2,1-3H3. The van der Waals surface area contributed by atoms with E-state index in [1.807, 2.05) is 6.92 Å². The molecule has 0 aromatic heterocycles. The highest BCUT2D eigenvalue weighted by Gasteiger charge is 2.29. The van der Waals surface area contributed by atoms with Gasteiger partial charge in [0.05, 0.1) is 5.60 Å². The van der Waals surface area contributed by atoms with E-state index in [2.05, 4.69) is 18.7 Å². The first kappa shape index (κ1) is 12.9. The van der Waals surface area contributed by atoms with Crippen LogP contribution in [0.4, 0.5) is 0 Å². The predicted molar refractivity (Wildman–Crippen MR) is 63.7 cm³/mol. The van der Waals surface area contributed by atoms with E-state index in [4.69, 9.17) is 5.73 Å². The Kier molecular flexibility index (Phi) is 4.56. The van der Waals surface area contributed by atoms with E-state index in [1.165, 1.54) is 0 Å². The maximum absolute atomic E-state index is 10.00. The number of hydrogen-bond donors (Lipinski definition) is 2. The quantitative estimate of drug-likeness (QED) is 0.736. The molecular formula is C12H26N2O. The Morgan fingerprint density at radius 1 is 1.47 bits per heavy atom. The van der Waals surface area contributed by atoms with Gasteiger partial charge >= 0.3 is 0 Å². The van der Waals surface area contributed by atoms with Crippen molar-refractivity contribution in [3.63, 3.8) is 0 Å². The Hall–Kier alpha value is -0.120. The first-order valence-electron chi connectivity index (χ1n) is 6.09. The molecule has 3 heteroatoms. The molecule has 0 saturated carbocycles. The monoisotopic (exact) mass is 214 g/mol. The third-order valence-electron chi connectivity index (χ3n) is 3.49. The third-order valence-corrected chi connectivity index (χ3v) is 3.49. The molecule has 15 heavy (non-hydrogen) atoms. The summed E-state index contributed by atoms with van der Waals surface area (Å²) in [7, 11) is 0. The van der Waals surface area contributed by atoms with Crippen LogP contribution in [0.1, 0.15) is 33.6 Å². The highest BCUT2D eigenvalue weighted by Crippen LogP contribution is 2.22. The van der Waals surface area contributed by atoms with Gasteiger partial charge in [-0.05, 0) is 44.7 Å². The smallest absolute Gasteiger partial charge is 0.0746 e. The number of rotatable bonds is 4. The van der Waals surface area contributed by atoms with E-state index in [9.17, 15) is 5.11 Å². The average Bonchev–Trinajstić information content (AvgIpc) is 2.12. The summed E-state index contributed by atoms with van der Waals surface area (Å²) in [6, 6.07) is 0. The number of piperidine rings is 1. The predicted octanol–water partition coefficient (Wildman–Crippen LogP) is 1.06. The zero-order valence-electron chi connectivity index (χ0n) is 10.4. The summed E-state index contributed by atoms with van der Waals surface area (Å²) in [6.07, 6.45) is 2.03. The lowest BCUT2D eigenvalue weighted by Crippen LogP contribution is -2.48. The maximum atomic E-state index is 10.00. The summed E-state index contributed by atoms with van der Waals surface area (Å²) in [5.74, 6) is 1.18. The van der Waals surface area contributed by atoms with Crippen LogP contribution < -0.4 is 5.73 Å². The second-order valence-electron chi connectivity index (χ2n) is 5.58. The topological polar surface area (TPSA) is 49.5 Å². The normalized spacial score (nSPS) is 30.8. The van der Waals surface area contributed by atoms with Crippen molar-refractivity contribution in [3.05, 3.63) is 0 Å². The number of nitrogens with zero attached hydrogens (tertiary/aromatic N) is 1. The van der Waals surface area contributed by atoms with Crippen LogP contribution in [0.5, 0.6) is 0 Å². The van der Waals surface area contributed by atoms with Gasteiger partial charge in [-0.3, -0.25) is 0 Å². The minimum absolute atomic E-state index is 0.492. The molecular weight excluding hydrogens is 188 g/mol. The zero-order chi connectivity index (χ0) is 11.5. The molecule has 1 fully saturated rings. The van der Waals surface area contributed by atoms with Crippen LogP contribution in [0.2, 0.25) is 0 Å². The molecule has 3 nitrogen and oxygen atoms in total. The van der Waals surface area contributed by atoms with Crippen molar-refractivity contribution in [2.75, 3.05) is 26.2 Å². The SMILES string of the molecule is CC(C)C(CN)CN1CCCC(C)(O)C1. The van der Waals surface area contributed by atoms with Crippen LogP contribution in [-0.4, -0.2) is 41.8 Å². The highest BCUT2D eigenvalue weighted by molar-refractivity contribution is 4.84. The molecule has 0 aliphatic carbocycles. The van der Waals surface area contributed by atoms with E-state index in [0.29, 0.717) is 11.8 Å². The first-order chi connectivity index (χ1) is 6.94. The number of aliphatic hydroxyl groups is 1. The Bertz CT molecular complexity index is 192. The Labute approximate surface area is 93.6 Å². The second-order valence-corrected chi connectivity index (χ2v) is 5.58. The van der Waals surface area contributed by atoms with Crippen LogP contribution in [-0.2, 0) is 0 Å². The van der Waals surface area contributed by atoms with Crippen LogP contribution in [0, 0.1) is 11.8 Å². The molecule has 2 atom stereocenters. The minimum Gasteiger partial charge on any atom is -0.389 e. The molecule has 1 aliphatic heterocycles.